The lowest BCUT2D eigenvalue weighted by Gasteiger charge is -2.07. The van der Waals surface area contributed by atoms with E-state index in [1.807, 2.05) is 0 Å². The van der Waals surface area contributed by atoms with Crippen molar-refractivity contribution in [1.82, 2.24) is 0 Å². The minimum Gasteiger partial charge on any atom is -0.497 e. The number of nitrogens with one attached hydrogen (secondary N) is 1. The molecular weight excluding hydrogens is 282 g/mol. The number of anilines is 1. The molecule has 0 aromatic heterocycles. The van der Waals surface area contributed by atoms with E-state index >= 15 is 0 Å². The van der Waals surface area contributed by atoms with Crippen LogP contribution < -0.4 is 14.8 Å². The maximum Gasteiger partial charge on any atom is 0.343 e. The lowest BCUT2D eigenvalue weighted by molar-refractivity contribution is -0.115. The molecule has 0 saturated carbocycles. The predicted molar refractivity (Wildman–Crippen MR) is 83.3 cm³/mol. The Bertz CT molecular complexity index is 647. The molecule has 22 heavy (non-hydrogen) atoms. The highest BCUT2D eigenvalue weighted by molar-refractivity contribution is 5.92. The van der Waals surface area contributed by atoms with E-state index < -0.39 is 5.97 Å². The zero-order valence-electron chi connectivity index (χ0n) is 12.5. The van der Waals surface area contributed by atoms with Gasteiger partial charge in [-0.3, -0.25) is 4.79 Å². The zero-order chi connectivity index (χ0) is 15.9. The van der Waals surface area contributed by atoms with E-state index in [9.17, 15) is 9.59 Å². The van der Waals surface area contributed by atoms with E-state index in [4.69, 9.17) is 9.47 Å². The normalized spacial score (nSPS) is 9.91. The Morgan fingerprint density at radius 1 is 0.955 bits per heavy atom. The molecule has 0 heterocycles. The molecule has 0 unspecified atom stereocenters. The number of methoxy groups -OCH3 is 1. The fourth-order valence-corrected chi connectivity index (χ4v) is 1.75. The summed E-state index contributed by atoms with van der Waals surface area (Å²) in [6.07, 6.45) is 0.411. The maximum atomic E-state index is 12.0. The van der Waals surface area contributed by atoms with Crippen LogP contribution in [0.15, 0.2) is 48.5 Å². The number of carbonyl (C=O) groups is 2. The molecule has 0 bridgehead atoms. The molecule has 5 nitrogen and oxygen atoms in total. The van der Waals surface area contributed by atoms with Crippen LogP contribution >= 0.6 is 0 Å². The molecule has 0 aliphatic carbocycles. The molecule has 0 saturated heterocycles. The molecular formula is C17H17NO4. The molecule has 114 valence electrons. The third kappa shape index (κ3) is 4.09. The molecule has 5 heteroatoms. The second-order valence-corrected chi connectivity index (χ2v) is 4.54. The third-order valence-electron chi connectivity index (χ3n) is 3.00. The van der Waals surface area contributed by atoms with Gasteiger partial charge >= 0.3 is 5.97 Å². The molecule has 0 aliphatic rings. The summed E-state index contributed by atoms with van der Waals surface area (Å²) in [7, 11) is 1.56. The Morgan fingerprint density at radius 3 is 2.09 bits per heavy atom. The van der Waals surface area contributed by atoms with E-state index in [1.165, 1.54) is 0 Å². The van der Waals surface area contributed by atoms with Gasteiger partial charge in [0, 0.05) is 12.1 Å². The Labute approximate surface area is 128 Å². The highest BCUT2D eigenvalue weighted by Gasteiger charge is 2.09. The molecule has 2 rings (SSSR count). The van der Waals surface area contributed by atoms with Crippen molar-refractivity contribution >= 4 is 17.6 Å². The van der Waals surface area contributed by atoms with Gasteiger partial charge in [-0.2, -0.15) is 0 Å². The minimum atomic E-state index is -0.451. The summed E-state index contributed by atoms with van der Waals surface area (Å²) in [4.78, 5) is 23.3. The van der Waals surface area contributed by atoms with E-state index in [-0.39, 0.29) is 5.91 Å². The monoisotopic (exact) mass is 299 g/mol. The highest BCUT2D eigenvalue weighted by atomic mass is 16.5. The molecule has 1 amide bonds. The van der Waals surface area contributed by atoms with Crippen LogP contribution in [-0.4, -0.2) is 19.0 Å². The zero-order valence-corrected chi connectivity index (χ0v) is 12.5. The van der Waals surface area contributed by atoms with Gasteiger partial charge in [0.05, 0.1) is 12.7 Å². The van der Waals surface area contributed by atoms with Gasteiger partial charge in [0.25, 0.3) is 0 Å². The average molecular weight is 299 g/mol. The summed E-state index contributed by atoms with van der Waals surface area (Å²) in [5.41, 5.74) is 1.10. The van der Waals surface area contributed by atoms with Crippen LogP contribution in [0, 0.1) is 0 Å². The van der Waals surface area contributed by atoms with Crippen molar-refractivity contribution in [3.05, 3.63) is 54.1 Å². The second kappa shape index (κ2) is 7.26. The maximum absolute atomic E-state index is 12.0. The van der Waals surface area contributed by atoms with Crippen molar-refractivity contribution in [2.45, 2.75) is 13.3 Å². The summed E-state index contributed by atoms with van der Waals surface area (Å²) in [6, 6.07) is 13.3. The molecule has 0 aliphatic heterocycles. The molecule has 1 N–H and O–H groups in total. The van der Waals surface area contributed by atoms with Crippen molar-refractivity contribution in [3.8, 4) is 11.5 Å². The molecule has 0 fully saturated rings. The summed E-state index contributed by atoms with van der Waals surface area (Å²) in [5, 5.41) is 2.72. The van der Waals surface area contributed by atoms with Crippen LogP contribution in [0.3, 0.4) is 0 Å². The molecule has 2 aromatic carbocycles. The first-order valence-corrected chi connectivity index (χ1v) is 6.88. The number of esters is 1. The summed E-state index contributed by atoms with van der Waals surface area (Å²) in [5.74, 6) is 0.568. The van der Waals surface area contributed by atoms with Crippen LogP contribution in [0.4, 0.5) is 5.69 Å². The highest BCUT2D eigenvalue weighted by Crippen LogP contribution is 2.18. The van der Waals surface area contributed by atoms with Gasteiger partial charge < -0.3 is 14.8 Å². The van der Waals surface area contributed by atoms with Crippen molar-refractivity contribution in [3.63, 3.8) is 0 Å². The first kappa shape index (κ1) is 15.6. The summed E-state index contributed by atoms with van der Waals surface area (Å²) < 4.78 is 10.3. The molecule has 0 atom stereocenters. The van der Waals surface area contributed by atoms with Crippen LogP contribution in [-0.2, 0) is 4.79 Å². The molecule has 2 aromatic rings. The van der Waals surface area contributed by atoms with Gasteiger partial charge in [0.2, 0.25) is 5.91 Å². The number of rotatable bonds is 5. The number of hydrogen-bond acceptors (Lipinski definition) is 4. The van der Waals surface area contributed by atoms with E-state index in [0.717, 1.165) is 0 Å². The van der Waals surface area contributed by atoms with Gasteiger partial charge in [-0.25, -0.2) is 4.79 Å². The molecule has 0 radical (unpaired) electrons. The number of benzene rings is 2. The second-order valence-electron chi connectivity index (χ2n) is 4.54. The Kier molecular flexibility index (Phi) is 5.14. The lowest BCUT2D eigenvalue weighted by atomic mass is 10.2. The fraction of sp³-hybridized carbons (Fsp3) is 0.176. The van der Waals surface area contributed by atoms with Crippen LogP contribution in [0.25, 0.3) is 0 Å². The quantitative estimate of drug-likeness (QED) is 0.680. The fourth-order valence-electron chi connectivity index (χ4n) is 1.75. The number of amides is 1. The Hall–Kier alpha value is -2.82. The van der Waals surface area contributed by atoms with Crippen LogP contribution in [0.2, 0.25) is 0 Å². The average Bonchev–Trinajstić information content (AvgIpc) is 2.56. The first-order chi connectivity index (χ1) is 10.6. The Morgan fingerprint density at radius 2 is 1.55 bits per heavy atom. The van der Waals surface area contributed by atoms with Gasteiger partial charge in [-0.15, -0.1) is 0 Å². The summed E-state index contributed by atoms with van der Waals surface area (Å²) in [6.45, 7) is 1.78. The van der Waals surface area contributed by atoms with Crippen molar-refractivity contribution in [2.75, 3.05) is 12.4 Å². The van der Waals surface area contributed by atoms with E-state index in [0.29, 0.717) is 29.2 Å². The largest absolute Gasteiger partial charge is 0.497 e. The Balaban J connectivity index is 2.00. The minimum absolute atomic E-state index is 0.0667. The SMILES string of the molecule is CCC(=O)Nc1ccc(OC(=O)c2ccc(OC)cc2)cc1. The number of hydrogen-bond donors (Lipinski definition) is 1. The van der Waals surface area contributed by atoms with Gasteiger partial charge in [-0.1, -0.05) is 6.92 Å². The van der Waals surface area contributed by atoms with Crippen LogP contribution in [0.1, 0.15) is 23.7 Å². The topological polar surface area (TPSA) is 64.6 Å². The third-order valence-corrected chi connectivity index (χ3v) is 3.00. The first-order valence-electron chi connectivity index (χ1n) is 6.88. The molecule has 0 spiro atoms. The standard InChI is InChI=1S/C17H17NO4/c1-3-16(19)18-13-6-10-15(11-7-13)22-17(20)12-4-8-14(21-2)9-5-12/h4-11H,3H2,1-2H3,(H,18,19). The van der Waals surface area contributed by atoms with E-state index in [2.05, 4.69) is 5.32 Å². The summed E-state index contributed by atoms with van der Waals surface area (Å²) >= 11 is 0. The van der Waals surface area contributed by atoms with Crippen LogP contribution in [0.5, 0.6) is 11.5 Å². The van der Waals surface area contributed by atoms with E-state index in [1.54, 1.807) is 62.6 Å². The van der Waals surface area contributed by atoms with Crippen molar-refractivity contribution in [2.24, 2.45) is 0 Å². The van der Waals surface area contributed by atoms with Crippen molar-refractivity contribution in [1.29, 1.82) is 0 Å². The van der Waals surface area contributed by atoms with Crippen molar-refractivity contribution < 1.29 is 19.1 Å². The predicted octanol–water partition coefficient (Wildman–Crippen LogP) is 3.26. The van der Waals surface area contributed by atoms with Gasteiger partial charge in [-0.05, 0) is 48.5 Å². The number of ether oxygens (including phenoxy) is 2. The van der Waals surface area contributed by atoms with Gasteiger partial charge in [0.1, 0.15) is 11.5 Å². The smallest absolute Gasteiger partial charge is 0.343 e. The van der Waals surface area contributed by atoms with Gasteiger partial charge in [0.15, 0.2) is 0 Å². The lowest BCUT2D eigenvalue weighted by Crippen LogP contribution is -2.10. The number of carbonyl (C=O) groups excluding carboxylic acids is 2.